The van der Waals surface area contributed by atoms with E-state index < -0.39 is 11.8 Å². The zero-order valence-electron chi connectivity index (χ0n) is 10.5. The van der Waals surface area contributed by atoms with E-state index >= 15 is 0 Å². The van der Waals surface area contributed by atoms with Crippen molar-refractivity contribution in [2.45, 2.75) is 38.6 Å². The average molecular weight is 251 g/mol. The Kier molecular flexibility index (Phi) is 3.84. The molecular formula is C14H18FNO2. The lowest BCUT2D eigenvalue weighted by atomic mass is 9.99. The van der Waals surface area contributed by atoms with Crippen molar-refractivity contribution >= 4 is 11.7 Å². The van der Waals surface area contributed by atoms with Gasteiger partial charge >= 0.3 is 5.97 Å². The number of hydrogen-bond acceptors (Lipinski definition) is 2. The van der Waals surface area contributed by atoms with E-state index in [1.165, 1.54) is 12.5 Å². The Morgan fingerprint density at radius 2 is 2.22 bits per heavy atom. The number of aromatic carboxylic acids is 1. The summed E-state index contributed by atoms with van der Waals surface area (Å²) in [6.45, 7) is 2.99. The van der Waals surface area contributed by atoms with Gasteiger partial charge in [-0.1, -0.05) is 6.92 Å². The highest BCUT2D eigenvalue weighted by molar-refractivity contribution is 5.88. The molecule has 0 saturated carbocycles. The molecule has 18 heavy (non-hydrogen) atoms. The average Bonchev–Trinajstić information content (AvgIpc) is 2.38. The van der Waals surface area contributed by atoms with Crippen molar-refractivity contribution in [3.63, 3.8) is 0 Å². The van der Waals surface area contributed by atoms with Gasteiger partial charge in [0, 0.05) is 18.3 Å². The molecule has 4 heteroatoms. The third-order valence-electron chi connectivity index (χ3n) is 3.56. The molecule has 1 aromatic carbocycles. The van der Waals surface area contributed by atoms with Crippen molar-refractivity contribution in [3.8, 4) is 0 Å². The van der Waals surface area contributed by atoms with Crippen LogP contribution in [0.15, 0.2) is 18.2 Å². The van der Waals surface area contributed by atoms with Gasteiger partial charge in [-0.3, -0.25) is 0 Å². The summed E-state index contributed by atoms with van der Waals surface area (Å²) < 4.78 is 13.5. The highest BCUT2D eigenvalue weighted by atomic mass is 19.1. The van der Waals surface area contributed by atoms with Crippen molar-refractivity contribution in [1.29, 1.82) is 0 Å². The van der Waals surface area contributed by atoms with E-state index in [4.69, 9.17) is 5.11 Å². The molecule has 0 bridgehead atoms. The van der Waals surface area contributed by atoms with Gasteiger partial charge in [-0.15, -0.1) is 0 Å². The molecule has 1 atom stereocenters. The molecule has 0 aromatic heterocycles. The fourth-order valence-electron chi connectivity index (χ4n) is 2.63. The minimum atomic E-state index is -1.08. The first-order valence-electron chi connectivity index (χ1n) is 6.42. The van der Waals surface area contributed by atoms with Crippen LogP contribution in [-0.4, -0.2) is 23.7 Å². The standard InChI is InChI=1S/C14H18FNO2/c1-2-12-5-3-4-6-16(12)13-8-10(14(17)18)7-11(15)9-13/h7-9,12H,2-6H2,1H3,(H,17,18). The number of benzene rings is 1. The highest BCUT2D eigenvalue weighted by Crippen LogP contribution is 2.28. The Morgan fingerprint density at radius 3 is 2.89 bits per heavy atom. The van der Waals surface area contributed by atoms with Crippen LogP contribution in [0.2, 0.25) is 0 Å². The topological polar surface area (TPSA) is 40.5 Å². The monoisotopic (exact) mass is 251 g/mol. The van der Waals surface area contributed by atoms with Crippen LogP contribution in [0, 0.1) is 5.82 Å². The zero-order chi connectivity index (χ0) is 13.1. The second kappa shape index (κ2) is 5.38. The summed E-state index contributed by atoms with van der Waals surface area (Å²) >= 11 is 0. The van der Waals surface area contributed by atoms with Gasteiger partial charge in [0.1, 0.15) is 5.82 Å². The van der Waals surface area contributed by atoms with Crippen LogP contribution >= 0.6 is 0 Å². The number of carbonyl (C=O) groups is 1. The first-order chi connectivity index (χ1) is 8.61. The van der Waals surface area contributed by atoms with Crippen molar-refractivity contribution < 1.29 is 14.3 Å². The molecule has 98 valence electrons. The fraction of sp³-hybridized carbons (Fsp3) is 0.500. The molecule has 0 radical (unpaired) electrons. The Labute approximate surface area is 106 Å². The lowest BCUT2D eigenvalue weighted by Gasteiger charge is -2.37. The van der Waals surface area contributed by atoms with Gasteiger partial charge in [0.05, 0.1) is 5.56 Å². The Morgan fingerprint density at radius 1 is 1.44 bits per heavy atom. The van der Waals surface area contributed by atoms with Crippen LogP contribution in [0.4, 0.5) is 10.1 Å². The summed E-state index contributed by atoms with van der Waals surface area (Å²) in [5.41, 5.74) is 0.712. The molecule has 1 aromatic rings. The van der Waals surface area contributed by atoms with Crippen molar-refractivity contribution in [1.82, 2.24) is 0 Å². The van der Waals surface area contributed by atoms with E-state index in [0.717, 1.165) is 31.9 Å². The molecule has 3 nitrogen and oxygen atoms in total. The van der Waals surface area contributed by atoms with Crippen molar-refractivity contribution in [2.24, 2.45) is 0 Å². The molecule has 1 saturated heterocycles. The first kappa shape index (κ1) is 12.9. The lowest BCUT2D eigenvalue weighted by Crippen LogP contribution is -2.39. The first-order valence-corrected chi connectivity index (χ1v) is 6.42. The van der Waals surface area contributed by atoms with Crippen molar-refractivity contribution in [3.05, 3.63) is 29.6 Å². The SMILES string of the molecule is CCC1CCCCN1c1cc(F)cc(C(=O)O)c1. The molecule has 0 spiro atoms. The van der Waals surface area contributed by atoms with E-state index in [1.807, 2.05) is 0 Å². The molecule has 1 aliphatic rings. The number of rotatable bonds is 3. The zero-order valence-corrected chi connectivity index (χ0v) is 10.5. The summed E-state index contributed by atoms with van der Waals surface area (Å²) in [5.74, 6) is -1.56. The maximum absolute atomic E-state index is 13.5. The minimum Gasteiger partial charge on any atom is -0.478 e. The Balaban J connectivity index is 2.33. The summed E-state index contributed by atoms with van der Waals surface area (Å²) in [4.78, 5) is 13.1. The number of hydrogen-bond donors (Lipinski definition) is 1. The van der Waals surface area contributed by atoms with Crippen LogP contribution in [0.25, 0.3) is 0 Å². The Hall–Kier alpha value is -1.58. The predicted molar refractivity (Wildman–Crippen MR) is 68.6 cm³/mol. The van der Waals surface area contributed by atoms with Gasteiger partial charge in [0.2, 0.25) is 0 Å². The van der Waals surface area contributed by atoms with Gasteiger partial charge in [-0.05, 0) is 43.9 Å². The second-order valence-corrected chi connectivity index (χ2v) is 4.75. The molecule has 1 N–H and O–H groups in total. The smallest absolute Gasteiger partial charge is 0.335 e. The van der Waals surface area contributed by atoms with Gasteiger partial charge in [0.15, 0.2) is 0 Å². The predicted octanol–water partition coefficient (Wildman–Crippen LogP) is 3.29. The van der Waals surface area contributed by atoms with Gasteiger partial charge in [0.25, 0.3) is 0 Å². The number of halogens is 1. The summed E-state index contributed by atoms with van der Waals surface area (Å²) in [6.07, 6.45) is 4.36. The van der Waals surface area contributed by atoms with Crippen LogP contribution in [0.5, 0.6) is 0 Å². The molecule has 0 aliphatic carbocycles. The maximum atomic E-state index is 13.5. The molecule has 1 fully saturated rings. The fourth-order valence-corrected chi connectivity index (χ4v) is 2.63. The number of piperidine rings is 1. The lowest BCUT2D eigenvalue weighted by molar-refractivity contribution is 0.0696. The number of anilines is 1. The molecule has 0 amide bonds. The Bertz CT molecular complexity index is 447. The third kappa shape index (κ3) is 2.63. The van der Waals surface area contributed by atoms with E-state index in [2.05, 4.69) is 11.8 Å². The summed E-state index contributed by atoms with van der Waals surface area (Å²) in [6, 6.07) is 4.46. The third-order valence-corrected chi connectivity index (χ3v) is 3.56. The normalized spacial score (nSPS) is 19.9. The molecule has 1 aliphatic heterocycles. The largest absolute Gasteiger partial charge is 0.478 e. The number of nitrogens with zero attached hydrogens (tertiary/aromatic N) is 1. The van der Waals surface area contributed by atoms with Crippen molar-refractivity contribution in [2.75, 3.05) is 11.4 Å². The number of carboxylic acids is 1. The maximum Gasteiger partial charge on any atom is 0.335 e. The van der Waals surface area contributed by atoms with Gasteiger partial charge in [-0.2, -0.15) is 0 Å². The van der Waals surface area contributed by atoms with E-state index in [1.54, 1.807) is 6.07 Å². The van der Waals surface area contributed by atoms with Crippen LogP contribution in [-0.2, 0) is 0 Å². The summed E-state index contributed by atoms with van der Waals surface area (Å²) in [7, 11) is 0. The van der Waals surface area contributed by atoms with E-state index in [0.29, 0.717) is 11.7 Å². The molecule has 1 heterocycles. The molecule has 1 unspecified atom stereocenters. The summed E-state index contributed by atoms with van der Waals surface area (Å²) in [5, 5.41) is 8.97. The molecule has 2 rings (SSSR count). The van der Waals surface area contributed by atoms with Crippen LogP contribution in [0.3, 0.4) is 0 Å². The number of carboxylic acid groups (broad SMARTS) is 1. The van der Waals surface area contributed by atoms with E-state index in [-0.39, 0.29) is 5.56 Å². The minimum absolute atomic E-state index is 0.0189. The van der Waals surface area contributed by atoms with E-state index in [9.17, 15) is 9.18 Å². The van der Waals surface area contributed by atoms with Crippen LogP contribution in [0.1, 0.15) is 43.0 Å². The van der Waals surface area contributed by atoms with Crippen LogP contribution < -0.4 is 4.90 Å². The second-order valence-electron chi connectivity index (χ2n) is 4.75. The highest BCUT2D eigenvalue weighted by Gasteiger charge is 2.22. The van der Waals surface area contributed by atoms with Gasteiger partial charge < -0.3 is 10.0 Å². The molecular weight excluding hydrogens is 233 g/mol. The van der Waals surface area contributed by atoms with Gasteiger partial charge in [-0.25, -0.2) is 9.18 Å². The quantitative estimate of drug-likeness (QED) is 0.896.